The van der Waals surface area contributed by atoms with Crippen LogP contribution in [-0.2, 0) is 0 Å². The molecule has 17 heavy (non-hydrogen) atoms. The number of halogens is 1. The first-order valence-electron chi connectivity index (χ1n) is 5.29. The Morgan fingerprint density at radius 3 is 2.88 bits per heavy atom. The molecule has 0 bridgehead atoms. The van der Waals surface area contributed by atoms with Crippen molar-refractivity contribution in [1.29, 1.82) is 0 Å². The maximum atomic E-state index is 12.0. The second-order valence-corrected chi connectivity index (χ2v) is 4.43. The zero-order valence-corrected chi connectivity index (χ0v) is 9.60. The predicted molar refractivity (Wildman–Crippen MR) is 64.6 cm³/mol. The zero-order valence-electron chi connectivity index (χ0n) is 8.84. The summed E-state index contributed by atoms with van der Waals surface area (Å²) in [4.78, 5) is 26.7. The molecule has 0 saturated carbocycles. The molecule has 2 heterocycles. The fraction of sp³-hybridized carbons (Fsp3) is 0.167. The van der Waals surface area contributed by atoms with Gasteiger partial charge in [0.05, 0.1) is 5.56 Å². The molecule has 3 rings (SSSR count). The Balaban J connectivity index is 2.38. The van der Waals surface area contributed by atoms with Gasteiger partial charge < -0.3 is 10.3 Å². The lowest BCUT2D eigenvalue weighted by Gasteiger charge is -1.96. The van der Waals surface area contributed by atoms with Crippen molar-refractivity contribution in [3.8, 4) is 0 Å². The molecular formula is C12H9ClN2O2. The molecule has 5 heteroatoms. The molecule has 1 aromatic heterocycles. The van der Waals surface area contributed by atoms with Crippen LogP contribution in [0.25, 0.3) is 10.9 Å². The number of ketones is 1. The number of aromatic amines is 1. The van der Waals surface area contributed by atoms with Gasteiger partial charge in [-0.05, 0) is 18.2 Å². The van der Waals surface area contributed by atoms with Crippen molar-refractivity contribution in [2.75, 3.05) is 6.54 Å². The van der Waals surface area contributed by atoms with Gasteiger partial charge >= 0.3 is 0 Å². The molecule has 0 spiro atoms. The van der Waals surface area contributed by atoms with E-state index in [1.54, 1.807) is 18.2 Å². The van der Waals surface area contributed by atoms with E-state index in [1.807, 2.05) is 0 Å². The highest BCUT2D eigenvalue weighted by molar-refractivity contribution is 6.31. The largest absolute Gasteiger partial charge is 0.350 e. The Labute approximate surface area is 102 Å². The fourth-order valence-electron chi connectivity index (χ4n) is 2.13. The van der Waals surface area contributed by atoms with Crippen LogP contribution in [0.5, 0.6) is 0 Å². The van der Waals surface area contributed by atoms with Crippen LogP contribution >= 0.6 is 11.6 Å². The highest BCUT2D eigenvalue weighted by atomic mass is 35.5. The number of amides is 1. The Morgan fingerprint density at radius 2 is 2.06 bits per heavy atom. The number of hydrogen-bond acceptors (Lipinski definition) is 2. The summed E-state index contributed by atoms with van der Waals surface area (Å²) in [5.74, 6) is -0.273. The molecule has 2 aromatic rings. The number of Topliss-reactive ketones (excluding diaryl/α,β-unsaturated/α-hetero) is 1. The summed E-state index contributed by atoms with van der Waals surface area (Å²) < 4.78 is 0. The Hall–Kier alpha value is -1.81. The highest BCUT2D eigenvalue weighted by Gasteiger charge is 2.25. The van der Waals surface area contributed by atoms with Crippen LogP contribution in [0.2, 0.25) is 5.02 Å². The SMILES string of the molecule is O=C1NCCC(=O)c2c1[nH]c1ccc(Cl)cc21. The van der Waals surface area contributed by atoms with Crippen molar-refractivity contribution in [2.45, 2.75) is 6.42 Å². The molecule has 4 nitrogen and oxygen atoms in total. The van der Waals surface area contributed by atoms with E-state index in [4.69, 9.17) is 11.6 Å². The molecule has 1 aromatic carbocycles. The van der Waals surface area contributed by atoms with Gasteiger partial charge in [0, 0.05) is 28.9 Å². The van der Waals surface area contributed by atoms with Crippen LogP contribution in [0.4, 0.5) is 0 Å². The van der Waals surface area contributed by atoms with E-state index < -0.39 is 0 Å². The molecule has 1 aliphatic rings. The van der Waals surface area contributed by atoms with E-state index in [9.17, 15) is 9.59 Å². The second-order valence-electron chi connectivity index (χ2n) is 3.99. The Bertz CT molecular complexity index is 645. The molecule has 0 unspecified atom stereocenters. The third-order valence-electron chi connectivity index (χ3n) is 2.90. The number of fused-ring (bicyclic) bond motifs is 3. The van der Waals surface area contributed by atoms with Crippen molar-refractivity contribution < 1.29 is 9.59 Å². The minimum Gasteiger partial charge on any atom is -0.350 e. The minimum atomic E-state index is -0.238. The van der Waals surface area contributed by atoms with Crippen LogP contribution in [0, 0.1) is 0 Å². The average Bonchev–Trinajstić information content (AvgIpc) is 2.60. The monoisotopic (exact) mass is 248 g/mol. The topological polar surface area (TPSA) is 62.0 Å². The van der Waals surface area contributed by atoms with Crippen LogP contribution < -0.4 is 5.32 Å². The summed E-state index contributed by atoms with van der Waals surface area (Å²) in [5, 5.41) is 3.95. The first-order chi connectivity index (χ1) is 8.16. The summed E-state index contributed by atoms with van der Waals surface area (Å²) in [6.45, 7) is 0.377. The number of nitrogens with one attached hydrogen (secondary N) is 2. The lowest BCUT2D eigenvalue weighted by Crippen LogP contribution is -2.23. The second kappa shape index (κ2) is 3.60. The average molecular weight is 249 g/mol. The van der Waals surface area contributed by atoms with Crippen molar-refractivity contribution in [3.05, 3.63) is 34.5 Å². The van der Waals surface area contributed by atoms with Crippen molar-refractivity contribution in [3.63, 3.8) is 0 Å². The molecule has 1 aliphatic heterocycles. The molecule has 0 saturated heterocycles. The Morgan fingerprint density at radius 1 is 1.24 bits per heavy atom. The summed E-state index contributed by atoms with van der Waals surface area (Å²) in [6.07, 6.45) is 0.318. The predicted octanol–water partition coefficient (Wildman–Crippen LogP) is 2.14. The van der Waals surface area contributed by atoms with Crippen LogP contribution in [0.15, 0.2) is 18.2 Å². The molecule has 0 fully saturated rings. The van der Waals surface area contributed by atoms with Gasteiger partial charge in [-0.15, -0.1) is 0 Å². The minimum absolute atomic E-state index is 0.0353. The number of hydrogen-bond donors (Lipinski definition) is 2. The van der Waals surface area contributed by atoms with Gasteiger partial charge in [-0.25, -0.2) is 0 Å². The summed E-state index contributed by atoms with van der Waals surface area (Å²) in [7, 11) is 0. The Kier molecular flexibility index (Phi) is 2.19. The lowest BCUT2D eigenvalue weighted by molar-refractivity contribution is 0.0952. The standard InChI is InChI=1S/C12H9ClN2O2/c13-6-1-2-8-7(5-6)10-9(16)3-4-14-12(17)11(10)15-8/h1-2,5,15H,3-4H2,(H,14,17). The number of H-pyrrole nitrogens is 1. The normalized spacial score (nSPS) is 15.6. The van der Waals surface area contributed by atoms with Gasteiger partial charge in [0.1, 0.15) is 5.69 Å². The van der Waals surface area contributed by atoms with E-state index in [0.29, 0.717) is 29.2 Å². The molecular weight excluding hydrogens is 240 g/mol. The third kappa shape index (κ3) is 1.52. The van der Waals surface area contributed by atoms with Crippen molar-refractivity contribution >= 4 is 34.2 Å². The fourth-order valence-corrected chi connectivity index (χ4v) is 2.30. The molecule has 0 radical (unpaired) electrons. The van der Waals surface area contributed by atoms with E-state index in [2.05, 4.69) is 10.3 Å². The maximum Gasteiger partial charge on any atom is 0.268 e. The van der Waals surface area contributed by atoms with Crippen molar-refractivity contribution in [1.82, 2.24) is 10.3 Å². The first kappa shape index (κ1) is 10.4. The smallest absolute Gasteiger partial charge is 0.268 e. The van der Waals surface area contributed by atoms with Gasteiger partial charge in [0.25, 0.3) is 5.91 Å². The molecule has 0 aliphatic carbocycles. The maximum absolute atomic E-state index is 12.0. The quantitative estimate of drug-likeness (QED) is 0.750. The molecule has 86 valence electrons. The number of carbonyl (C=O) groups is 2. The lowest BCUT2D eigenvalue weighted by atomic mass is 10.1. The van der Waals surface area contributed by atoms with E-state index in [1.165, 1.54) is 0 Å². The summed E-state index contributed by atoms with van der Waals surface area (Å²) in [5.41, 5.74) is 1.55. The highest BCUT2D eigenvalue weighted by Crippen LogP contribution is 2.27. The van der Waals surface area contributed by atoms with E-state index in [0.717, 1.165) is 10.9 Å². The number of benzene rings is 1. The van der Waals surface area contributed by atoms with Gasteiger partial charge in [-0.3, -0.25) is 9.59 Å². The van der Waals surface area contributed by atoms with Crippen molar-refractivity contribution in [2.24, 2.45) is 0 Å². The van der Waals surface area contributed by atoms with Crippen LogP contribution in [0.1, 0.15) is 27.3 Å². The molecule has 1 amide bonds. The van der Waals surface area contributed by atoms with E-state index in [-0.39, 0.29) is 11.7 Å². The first-order valence-corrected chi connectivity index (χ1v) is 5.67. The van der Waals surface area contributed by atoms with Crippen LogP contribution in [0.3, 0.4) is 0 Å². The molecule has 0 atom stereocenters. The number of carbonyl (C=O) groups excluding carboxylic acids is 2. The number of rotatable bonds is 0. The van der Waals surface area contributed by atoms with Crippen LogP contribution in [-0.4, -0.2) is 23.2 Å². The van der Waals surface area contributed by atoms with Gasteiger partial charge in [0.15, 0.2) is 5.78 Å². The third-order valence-corrected chi connectivity index (χ3v) is 3.14. The van der Waals surface area contributed by atoms with Gasteiger partial charge in [-0.1, -0.05) is 11.6 Å². The van der Waals surface area contributed by atoms with Gasteiger partial charge in [-0.2, -0.15) is 0 Å². The van der Waals surface area contributed by atoms with E-state index >= 15 is 0 Å². The summed E-state index contributed by atoms with van der Waals surface area (Å²) >= 11 is 5.92. The van der Waals surface area contributed by atoms with Gasteiger partial charge in [0.2, 0.25) is 0 Å². The summed E-state index contributed by atoms with van der Waals surface area (Å²) in [6, 6.07) is 5.21. The number of aromatic nitrogens is 1. The molecule has 2 N–H and O–H groups in total. The zero-order chi connectivity index (χ0) is 12.0.